The van der Waals surface area contributed by atoms with E-state index in [1.54, 1.807) is 25.6 Å². The van der Waals surface area contributed by atoms with E-state index in [-0.39, 0.29) is 11.9 Å². The molecular formula is C23H26N4O2. The highest BCUT2D eigenvalue weighted by Gasteiger charge is 2.30. The Morgan fingerprint density at radius 1 is 1.14 bits per heavy atom. The van der Waals surface area contributed by atoms with Gasteiger partial charge in [-0.25, -0.2) is 9.97 Å². The molecule has 1 aromatic heterocycles. The molecule has 29 heavy (non-hydrogen) atoms. The Labute approximate surface area is 170 Å². The Morgan fingerprint density at radius 3 is 2.72 bits per heavy atom. The van der Waals surface area contributed by atoms with Crippen molar-refractivity contribution < 1.29 is 9.53 Å². The first-order valence-electron chi connectivity index (χ1n) is 10.1. The molecule has 1 saturated heterocycles. The lowest BCUT2D eigenvalue weighted by Crippen LogP contribution is -2.30. The van der Waals surface area contributed by atoms with Crippen LogP contribution in [0.1, 0.15) is 37.3 Å². The van der Waals surface area contributed by atoms with Crippen LogP contribution in [0.5, 0.6) is 5.75 Å². The average molecular weight is 390 g/mol. The molecule has 0 aliphatic carbocycles. The maximum absolute atomic E-state index is 12.9. The third-order valence-corrected chi connectivity index (χ3v) is 5.49. The topological polar surface area (TPSA) is 67.3 Å². The van der Waals surface area contributed by atoms with Gasteiger partial charge in [-0.2, -0.15) is 0 Å². The van der Waals surface area contributed by atoms with Gasteiger partial charge in [0.05, 0.1) is 13.2 Å². The lowest BCUT2D eigenvalue weighted by Gasteiger charge is -2.26. The number of methoxy groups -OCH3 is 1. The molecule has 0 bridgehead atoms. The van der Waals surface area contributed by atoms with Gasteiger partial charge in [0.2, 0.25) is 11.9 Å². The van der Waals surface area contributed by atoms with Gasteiger partial charge in [-0.05, 0) is 42.3 Å². The van der Waals surface area contributed by atoms with E-state index >= 15 is 0 Å². The first-order chi connectivity index (χ1) is 14.3. The number of carbonyl (C=O) groups excluding carboxylic acids is 1. The van der Waals surface area contributed by atoms with Crippen LogP contribution in [-0.2, 0) is 4.79 Å². The van der Waals surface area contributed by atoms with Gasteiger partial charge in [0, 0.05) is 37.3 Å². The first kappa shape index (κ1) is 19.2. The molecular weight excluding hydrogens is 364 g/mol. The SMILES string of the molecule is COc1ccc([C@H]2CCCN2C(=O)CCCNc2ncccn2)c2ccccc12. The van der Waals surface area contributed by atoms with Gasteiger partial charge >= 0.3 is 0 Å². The van der Waals surface area contributed by atoms with Crippen LogP contribution in [0, 0.1) is 0 Å². The van der Waals surface area contributed by atoms with E-state index in [0.717, 1.165) is 36.9 Å². The third kappa shape index (κ3) is 4.16. The normalized spacial score (nSPS) is 16.2. The predicted octanol–water partition coefficient (Wildman–Crippen LogP) is 4.19. The number of nitrogens with zero attached hydrogens (tertiary/aromatic N) is 3. The number of rotatable bonds is 7. The van der Waals surface area contributed by atoms with Crippen molar-refractivity contribution >= 4 is 22.6 Å². The lowest BCUT2D eigenvalue weighted by molar-refractivity contribution is -0.132. The summed E-state index contributed by atoms with van der Waals surface area (Å²) in [5.74, 6) is 1.68. The van der Waals surface area contributed by atoms with Gasteiger partial charge in [-0.15, -0.1) is 0 Å². The molecule has 3 aromatic rings. The van der Waals surface area contributed by atoms with Crippen LogP contribution in [0.25, 0.3) is 10.8 Å². The zero-order valence-electron chi connectivity index (χ0n) is 16.7. The van der Waals surface area contributed by atoms with Crippen molar-refractivity contribution in [3.63, 3.8) is 0 Å². The highest BCUT2D eigenvalue weighted by molar-refractivity contribution is 5.92. The molecule has 150 valence electrons. The number of likely N-dealkylation sites (tertiary alicyclic amines) is 1. The number of fused-ring (bicyclic) bond motifs is 1. The second kappa shape index (κ2) is 8.90. The second-order valence-electron chi connectivity index (χ2n) is 7.25. The van der Waals surface area contributed by atoms with Crippen molar-refractivity contribution in [2.75, 3.05) is 25.5 Å². The number of hydrogen-bond donors (Lipinski definition) is 1. The summed E-state index contributed by atoms with van der Waals surface area (Å²) in [5.41, 5.74) is 1.21. The van der Waals surface area contributed by atoms with E-state index in [2.05, 4.69) is 33.5 Å². The van der Waals surface area contributed by atoms with Crippen molar-refractivity contribution in [1.29, 1.82) is 0 Å². The fraction of sp³-hybridized carbons (Fsp3) is 0.348. The molecule has 4 rings (SSSR count). The molecule has 0 spiro atoms. The molecule has 1 fully saturated rings. The molecule has 2 aromatic carbocycles. The Hall–Kier alpha value is -3.15. The summed E-state index contributed by atoms with van der Waals surface area (Å²) < 4.78 is 5.52. The van der Waals surface area contributed by atoms with E-state index in [1.807, 2.05) is 23.1 Å². The number of anilines is 1. The molecule has 0 saturated carbocycles. The summed E-state index contributed by atoms with van der Waals surface area (Å²) >= 11 is 0. The molecule has 0 unspecified atom stereocenters. The van der Waals surface area contributed by atoms with Gasteiger partial charge in [0.25, 0.3) is 0 Å². The number of nitrogens with one attached hydrogen (secondary N) is 1. The Bertz CT molecular complexity index is 977. The van der Waals surface area contributed by atoms with Crippen molar-refractivity contribution in [1.82, 2.24) is 14.9 Å². The van der Waals surface area contributed by atoms with Crippen molar-refractivity contribution in [3.05, 3.63) is 60.4 Å². The fourth-order valence-corrected chi connectivity index (χ4v) is 4.13. The molecule has 1 atom stereocenters. The summed E-state index contributed by atoms with van der Waals surface area (Å²) in [5, 5.41) is 5.43. The van der Waals surface area contributed by atoms with E-state index in [1.165, 1.54) is 10.9 Å². The van der Waals surface area contributed by atoms with E-state index in [9.17, 15) is 4.79 Å². The standard InChI is InChI=1S/C23H26N4O2/c1-29-21-12-11-18(17-7-2-3-8-19(17)21)20-9-5-16-27(20)22(28)10-4-13-24-23-25-14-6-15-26-23/h2-3,6-8,11-12,14-15,20H,4-5,9-10,13,16H2,1H3,(H,24,25,26)/t20-/m1/s1. The van der Waals surface area contributed by atoms with E-state index < -0.39 is 0 Å². The number of amides is 1. The summed E-state index contributed by atoms with van der Waals surface area (Å²) in [7, 11) is 1.70. The first-order valence-corrected chi connectivity index (χ1v) is 10.1. The van der Waals surface area contributed by atoms with Gasteiger partial charge in [-0.3, -0.25) is 4.79 Å². The zero-order valence-corrected chi connectivity index (χ0v) is 16.7. The molecule has 1 aliphatic heterocycles. The number of benzene rings is 2. The lowest BCUT2D eigenvalue weighted by atomic mass is 9.96. The minimum absolute atomic E-state index is 0.128. The van der Waals surface area contributed by atoms with Crippen LogP contribution in [0.4, 0.5) is 5.95 Å². The summed E-state index contributed by atoms with van der Waals surface area (Å²) in [6.07, 6.45) is 6.71. The van der Waals surface area contributed by atoms with Crippen LogP contribution in [-0.4, -0.2) is 41.0 Å². The van der Waals surface area contributed by atoms with Crippen LogP contribution in [0.15, 0.2) is 54.9 Å². The molecule has 1 N–H and O–H groups in total. The second-order valence-corrected chi connectivity index (χ2v) is 7.25. The Kier molecular flexibility index (Phi) is 5.89. The Morgan fingerprint density at radius 2 is 1.93 bits per heavy atom. The number of aromatic nitrogens is 2. The van der Waals surface area contributed by atoms with Crippen LogP contribution >= 0.6 is 0 Å². The van der Waals surface area contributed by atoms with Crippen molar-refractivity contribution in [2.45, 2.75) is 31.7 Å². The summed E-state index contributed by atoms with van der Waals surface area (Å²) in [6, 6.07) is 14.3. The van der Waals surface area contributed by atoms with Crippen molar-refractivity contribution in [3.8, 4) is 5.75 Å². The molecule has 1 amide bonds. The van der Waals surface area contributed by atoms with Crippen LogP contribution in [0.3, 0.4) is 0 Å². The zero-order chi connectivity index (χ0) is 20.1. The largest absolute Gasteiger partial charge is 0.496 e. The third-order valence-electron chi connectivity index (χ3n) is 5.49. The maximum atomic E-state index is 12.9. The van der Waals surface area contributed by atoms with Crippen molar-refractivity contribution in [2.24, 2.45) is 0 Å². The molecule has 0 radical (unpaired) electrons. The number of carbonyl (C=O) groups is 1. The minimum Gasteiger partial charge on any atom is -0.496 e. The van der Waals surface area contributed by atoms with Gasteiger partial charge in [-0.1, -0.05) is 30.3 Å². The average Bonchev–Trinajstić information content (AvgIpc) is 3.26. The predicted molar refractivity (Wildman–Crippen MR) is 114 cm³/mol. The van der Waals surface area contributed by atoms with E-state index in [4.69, 9.17) is 4.74 Å². The molecule has 6 nitrogen and oxygen atoms in total. The van der Waals surface area contributed by atoms with Gasteiger partial charge < -0.3 is 15.0 Å². The molecule has 1 aliphatic rings. The number of hydrogen-bond acceptors (Lipinski definition) is 5. The van der Waals surface area contributed by atoms with E-state index in [0.29, 0.717) is 18.9 Å². The smallest absolute Gasteiger partial charge is 0.223 e. The minimum atomic E-state index is 0.128. The summed E-state index contributed by atoms with van der Waals surface area (Å²) in [4.78, 5) is 23.3. The highest BCUT2D eigenvalue weighted by Crippen LogP contribution is 2.39. The Balaban J connectivity index is 1.44. The quantitative estimate of drug-likeness (QED) is 0.613. The van der Waals surface area contributed by atoms with Crippen LogP contribution < -0.4 is 10.1 Å². The fourth-order valence-electron chi connectivity index (χ4n) is 4.13. The maximum Gasteiger partial charge on any atom is 0.223 e. The van der Waals surface area contributed by atoms with Crippen LogP contribution in [0.2, 0.25) is 0 Å². The molecule has 2 heterocycles. The highest BCUT2D eigenvalue weighted by atomic mass is 16.5. The van der Waals surface area contributed by atoms with Gasteiger partial charge in [0.15, 0.2) is 0 Å². The number of ether oxygens (including phenoxy) is 1. The van der Waals surface area contributed by atoms with Gasteiger partial charge in [0.1, 0.15) is 5.75 Å². The molecule has 6 heteroatoms. The summed E-state index contributed by atoms with van der Waals surface area (Å²) in [6.45, 7) is 1.50. The monoisotopic (exact) mass is 390 g/mol.